The van der Waals surface area contributed by atoms with Gasteiger partial charge in [-0.05, 0) is 38.6 Å². The molecule has 2 aliphatic heterocycles. The lowest BCUT2D eigenvalue weighted by atomic mass is 9.94. The summed E-state index contributed by atoms with van der Waals surface area (Å²) >= 11 is 0. The number of carbonyl (C=O) groups is 1. The van der Waals surface area contributed by atoms with Gasteiger partial charge in [-0.15, -0.1) is 0 Å². The lowest BCUT2D eigenvalue weighted by molar-refractivity contribution is -0.139. The first-order valence-electron chi connectivity index (χ1n) is 7.43. The van der Waals surface area contributed by atoms with Crippen molar-refractivity contribution in [1.29, 1.82) is 0 Å². The monoisotopic (exact) mass is 303 g/mol. The van der Waals surface area contributed by atoms with Crippen LogP contribution in [0.3, 0.4) is 0 Å². The van der Waals surface area contributed by atoms with Crippen LogP contribution in [0.2, 0.25) is 0 Å². The van der Waals surface area contributed by atoms with Crippen molar-refractivity contribution in [3.05, 3.63) is 0 Å². The van der Waals surface area contributed by atoms with Crippen LogP contribution >= 0.6 is 0 Å². The Labute approximate surface area is 121 Å². The molecule has 0 aromatic rings. The van der Waals surface area contributed by atoms with Gasteiger partial charge in [-0.1, -0.05) is 0 Å². The molecule has 20 heavy (non-hydrogen) atoms. The third-order valence-electron chi connectivity index (χ3n) is 4.14. The molecule has 0 aromatic heterocycles. The summed E-state index contributed by atoms with van der Waals surface area (Å²) in [7, 11) is -3.20. The number of amides is 1. The molecule has 0 aromatic carbocycles. The van der Waals surface area contributed by atoms with Gasteiger partial charge in [0, 0.05) is 25.7 Å². The Hall–Kier alpha value is -0.660. The van der Waals surface area contributed by atoms with E-state index in [9.17, 15) is 13.2 Å². The third kappa shape index (κ3) is 4.43. The highest BCUT2D eigenvalue weighted by atomic mass is 32.2. The van der Waals surface area contributed by atoms with Gasteiger partial charge in [0.1, 0.15) is 0 Å². The molecule has 2 saturated heterocycles. The van der Waals surface area contributed by atoms with Gasteiger partial charge >= 0.3 is 0 Å². The number of hydrogen-bond acceptors (Lipinski definition) is 4. The van der Waals surface area contributed by atoms with Crippen LogP contribution in [0.15, 0.2) is 0 Å². The first-order chi connectivity index (χ1) is 9.47. The first kappa shape index (κ1) is 15.7. The standard InChI is InChI=1S/C13H25N3O3S/c1-20(18,19)15-10-12-6-2-3-8-16(12)13(17)11-5-4-7-14-9-11/h11-12,14-15H,2-10H2,1H3/t11-,12?/m0/s1. The molecule has 116 valence electrons. The van der Waals surface area contributed by atoms with Crippen molar-refractivity contribution >= 4 is 15.9 Å². The zero-order valence-corrected chi connectivity index (χ0v) is 12.9. The summed E-state index contributed by atoms with van der Waals surface area (Å²) in [6.45, 7) is 2.83. The molecule has 2 rings (SSSR count). The SMILES string of the molecule is CS(=O)(=O)NCC1CCCCN1C(=O)[C@H]1CCCNC1. The summed E-state index contributed by atoms with van der Waals surface area (Å²) in [5, 5.41) is 3.27. The molecule has 0 bridgehead atoms. The Kier molecular flexibility index (Phi) is 5.40. The van der Waals surface area contributed by atoms with E-state index in [1.54, 1.807) is 0 Å². The van der Waals surface area contributed by atoms with Crippen LogP contribution in [0.25, 0.3) is 0 Å². The molecule has 1 amide bonds. The zero-order chi connectivity index (χ0) is 14.6. The van der Waals surface area contributed by atoms with Gasteiger partial charge in [0.2, 0.25) is 15.9 Å². The second kappa shape index (κ2) is 6.87. The van der Waals surface area contributed by atoms with Crippen LogP contribution < -0.4 is 10.0 Å². The van der Waals surface area contributed by atoms with Crippen molar-refractivity contribution in [3.8, 4) is 0 Å². The number of sulfonamides is 1. The second-order valence-corrected chi connectivity index (χ2v) is 7.68. The molecule has 0 radical (unpaired) electrons. The molecule has 7 heteroatoms. The van der Waals surface area contributed by atoms with Gasteiger partial charge in [-0.25, -0.2) is 13.1 Å². The minimum absolute atomic E-state index is 0.00732. The van der Waals surface area contributed by atoms with E-state index in [2.05, 4.69) is 10.0 Å². The van der Waals surface area contributed by atoms with Gasteiger partial charge in [-0.2, -0.15) is 0 Å². The maximum absolute atomic E-state index is 12.6. The fraction of sp³-hybridized carbons (Fsp3) is 0.923. The summed E-state index contributed by atoms with van der Waals surface area (Å²) in [5.74, 6) is 0.250. The molecular weight excluding hydrogens is 278 g/mol. The molecule has 0 saturated carbocycles. The van der Waals surface area contributed by atoms with Gasteiger partial charge < -0.3 is 10.2 Å². The fourth-order valence-corrected chi connectivity index (χ4v) is 3.54. The Bertz CT molecular complexity index is 432. The minimum atomic E-state index is -3.20. The maximum Gasteiger partial charge on any atom is 0.227 e. The summed E-state index contributed by atoms with van der Waals surface area (Å²) in [5.41, 5.74) is 0. The van der Waals surface area contributed by atoms with E-state index in [1.807, 2.05) is 4.90 Å². The number of hydrogen-bond donors (Lipinski definition) is 2. The van der Waals surface area contributed by atoms with E-state index in [0.29, 0.717) is 6.54 Å². The van der Waals surface area contributed by atoms with E-state index in [1.165, 1.54) is 0 Å². The van der Waals surface area contributed by atoms with E-state index >= 15 is 0 Å². The van der Waals surface area contributed by atoms with Crippen molar-refractivity contribution in [2.45, 2.75) is 38.1 Å². The number of carbonyl (C=O) groups excluding carboxylic acids is 1. The first-order valence-corrected chi connectivity index (χ1v) is 9.32. The van der Waals surface area contributed by atoms with Crippen molar-refractivity contribution in [2.24, 2.45) is 5.92 Å². The predicted octanol–water partition coefficient (Wildman–Crippen LogP) is -0.0837. The predicted molar refractivity (Wildman–Crippen MR) is 77.8 cm³/mol. The van der Waals surface area contributed by atoms with Gasteiger partial charge in [-0.3, -0.25) is 4.79 Å². The van der Waals surface area contributed by atoms with Crippen molar-refractivity contribution in [3.63, 3.8) is 0 Å². The van der Waals surface area contributed by atoms with Crippen molar-refractivity contribution in [2.75, 3.05) is 32.4 Å². The highest BCUT2D eigenvalue weighted by Crippen LogP contribution is 2.21. The van der Waals surface area contributed by atoms with E-state index < -0.39 is 10.0 Å². The number of nitrogens with zero attached hydrogens (tertiary/aromatic N) is 1. The summed E-state index contributed by atoms with van der Waals surface area (Å²) in [6, 6.07) is 0.00732. The van der Waals surface area contributed by atoms with Crippen LogP contribution in [0.5, 0.6) is 0 Å². The molecule has 1 unspecified atom stereocenters. The summed E-state index contributed by atoms with van der Waals surface area (Å²) in [6.07, 6.45) is 6.09. The Morgan fingerprint density at radius 3 is 2.75 bits per heavy atom. The Morgan fingerprint density at radius 2 is 2.10 bits per heavy atom. The number of piperidine rings is 2. The molecule has 6 nitrogen and oxygen atoms in total. The third-order valence-corrected chi connectivity index (χ3v) is 4.83. The number of rotatable bonds is 4. The lowest BCUT2D eigenvalue weighted by Crippen LogP contribution is -2.53. The molecule has 2 atom stereocenters. The average molecular weight is 303 g/mol. The van der Waals surface area contributed by atoms with Gasteiger partial charge in [0.25, 0.3) is 0 Å². The molecule has 2 fully saturated rings. The van der Waals surface area contributed by atoms with Crippen LogP contribution in [0.1, 0.15) is 32.1 Å². The van der Waals surface area contributed by atoms with Gasteiger partial charge in [0.05, 0.1) is 12.2 Å². The largest absolute Gasteiger partial charge is 0.338 e. The maximum atomic E-state index is 12.6. The normalized spacial score (nSPS) is 28.4. The van der Waals surface area contributed by atoms with Crippen LogP contribution in [-0.2, 0) is 14.8 Å². The summed E-state index contributed by atoms with van der Waals surface area (Å²) in [4.78, 5) is 14.5. The quantitative estimate of drug-likeness (QED) is 0.761. The number of nitrogens with one attached hydrogen (secondary N) is 2. The molecule has 2 N–H and O–H groups in total. The summed E-state index contributed by atoms with van der Waals surface area (Å²) < 4.78 is 25.0. The molecule has 2 aliphatic rings. The lowest BCUT2D eigenvalue weighted by Gasteiger charge is -2.38. The van der Waals surface area contributed by atoms with Crippen molar-refractivity contribution in [1.82, 2.24) is 14.9 Å². The van der Waals surface area contributed by atoms with Crippen molar-refractivity contribution < 1.29 is 13.2 Å². The molecule has 0 aliphatic carbocycles. The van der Waals surface area contributed by atoms with E-state index in [-0.39, 0.29) is 17.9 Å². The fourth-order valence-electron chi connectivity index (χ4n) is 3.05. The Morgan fingerprint density at radius 1 is 1.30 bits per heavy atom. The molecular formula is C13H25N3O3S. The van der Waals surface area contributed by atoms with Gasteiger partial charge in [0.15, 0.2) is 0 Å². The molecule has 2 heterocycles. The van der Waals surface area contributed by atoms with Crippen LogP contribution in [0, 0.1) is 5.92 Å². The second-order valence-electron chi connectivity index (χ2n) is 5.85. The smallest absolute Gasteiger partial charge is 0.227 e. The zero-order valence-electron chi connectivity index (χ0n) is 12.1. The Balaban J connectivity index is 1.96. The topological polar surface area (TPSA) is 78.5 Å². The number of likely N-dealkylation sites (tertiary alicyclic amines) is 1. The highest BCUT2D eigenvalue weighted by Gasteiger charge is 2.32. The van der Waals surface area contributed by atoms with E-state index in [4.69, 9.17) is 0 Å². The van der Waals surface area contributed by atoms with Crippen LogP contribution in [-0.4, -0.2) is 57.7 Å². The molecule has 0 spiro atoms. The highest BCUT2D eigenvalue weighted by molar-refractivity contribution is 7.88. The van der Waals surface area contributed by atoms with E-state index in [0.717, 1.165) is 58.0 Å². The average Bonchev–Trinajstić information content (AvgIpc) is 2.45. The minimum Gasteiger partial charge on any atom is -0.338 e. The van der Waals surface area contributed by atoms with Crippen LogP contribution in [0.4, 0.5) is 0 Å².